The van der Waals surface area contributed by atoms with E-state index in [9.17, 15) is 0 Å². The maximum Gasteiger partial charge on any atom is 0.191 e. The van der Waals surface area contributed by atoms with Crippen molar-refractivity contribution in [3.63, 3.8) is 0 Å². The fourth-order valence-electron chi connectivity index (χ4n) is 3.05. The van der Waals surface area contributed by atoms with Crippen molar-refractivity contribution in [2.75, 3.05) is 33.7 Å². The van der Waals surface area contributed by atoms with Crippen LogP contribution in [0.4, 0.5) is 0 Å². The molecule has 0 aromatic carbocycles. The lowest BCUT2D eigenvalue weighted by Gasteiger charge is -2.37. The highest BCUT2D eigenvalue weighted by atomic mass is 15.4. The highest BCUT2D eigenvalue weighted by Gasteiger charge is 2.46. The SMILES string of the molecule is CC1CCC2(CN=C(N)N2CCN(C)C)C1. The molecule has 4 nitrogen and oxygen atoms in total. The van der Waals surface area contributed by atoms with Crippen molar-refractivity contribution in [1.29, 1.82) is 0 Å². The van der Waals surface area contributed by atoms with Crippen LogP contribution in [0.5, 0.6) is 0 Å². The normalized spacial score (nSPS) is 34.1. The highest BCUT2D eigenvalue weighted by Crippen LogP contribution is 2.41. The molecule has 92 valence electrons. The second-order valence-electron chi connectivity index (χ2n) is 5.70. The summed E-state index contributed by atoms with van der Waals surface area (Å²) in [5.74, 6) is 1.58. The number of rotatable bonds is 3. The Balaban J connectivity index is 2.03. The maximum atomic E-state index is 6.02. The molecule has 2 aliphatic rings. The van der Waals surface area contributed by atoms with E-state index < -0.39 is 0 Å². The van der Waals surface area contributed by atoms with Gasteiger partial charge in [0.05, 0.1) is 12.1 Å². The van der Waals surface area contributed by atoms with E-state index in [0.29, 0.717) is 0 Å². The van der Waals surface area contributed by atoms with Crippen LogP contribution in [0.3, 0.4) is 0 Å². The molecule has 1 saturated carbocycles. The van der Waals surface area contributed by atoms with E-state index in [4.69, 9.17) is 5.73 Å². The number of likely N-dealkylation sites (N-methyl/N-ethyl adjacent to an activating group) is 1. The van der Waals surface area contributed by atoms with Gasteiger partial charge in [0.1, 0.15) is 0 Å². The van der Waals surface area contributed by atoms with Gasteiger partial charge < -0.3 is 15.5 Å². The molecule has 0 saturated heterocycles. The van der Waals surface area contributed by atoms with Crippen LogP contribution >= 0.6 is 0 Å². The Hall–Kier alpha value is -0.770. The molecule has 1 heterocycles. The molecule has 0 aromatic heterocycles. The number of nitrogens with zero attached hydrogens (tertiary/aromatic N) is 3. The van der Waals surface area contributed by atoms with Gasteiger partial charge in [0.25, 0.3) is 0 Å². The number of hydrogen-bond acceptors (Lipinski definition) is 4. The van der Waals surface area contributed by atoms with Crippen LogP contribution in [-0.2, 0) is 0 Å². The van der Waals surface area contributed by atoms with Crippen molar-refractivity contribution in [2.45, 2.75) is 31.7 Å². The van der Waals surface area contributed by atoms with Crippen molar-refractivity contribution >= 4 is 5.96 Å². The molecule has 2 N–H and O–H groups in total. The molecule has 2 rings (SSSR count). The molecule has 0 radical (unpaired) electrons. The van der Waals surface area contributed by atoms with E-state index in [1.54, 1.807) is 0 Å². The predicted molar refractivity (Wildman–Crippen MR) is 67.5 cm³/mol. The first-order valence-corrected chi connectivity index (χ1v) is 6.26. The summed E-state index contributed by atoms with van der Waals surface area (Å²) in [6, 6.07) is 0. The lowest BCUT2D eigenvalue weighted by Crippen LogP contribution is -2.52. The van der Waals surface area contributed by atoms with Gasteiger partial charge in [-0.3, -0.25) is 4.99 Å². The minimum atomic E-state index is 0.263. The van der Waals surface area contributed by atoms with Crippen LogP contribution < -0.4 is 5.73 Å². The van der Waals surface area contributed by atoms with Crippen molar-refractivity contribution < 1.29 is 0 Å². The average molecular weight is 224 g/mol. The van der Waals surface area contributed by atoms with Gasteiger partial charge in [-0.25, -0.2) is 0 Å². The van der Waals surface area contributed by atoms with Gasteiger partial charge in [-0.1, -0.05) is 6.92 Å². The van der Waals surface area contributed by atoms with E-state index in [1.165, 1.54) is 19.3 Å². The van der Waals surface area contributed by atoms with Crippen LogP contribution in [0.2, 0.25) is 0 Å². The number of nitrogens with two attached hydrogens (primary N) is 1. The number of hydrogen-bond donors (Lipinski definition) is 1. The second-order valence-corrected chi connectivity index (χ2v) is 5.70. The molecular weight excluding hydrogens is 200 g/mol. The molecule has 4 heteroatoms. The molecule has 0 aromatic rings. The Bertz CT molecular complexity index is 287. The van der Waals surface area contributed by atoms with Gasteiger partial charge in [0.15, 0.2) is 5.96 Å². The zero-order valence-corrected chi connectivity index (χ0v) is 10.7. The molecule has 1 fully saturated rings. The van der Waals surface area contributed by atoms with Crippen molar-refractivity contribution in [1.82, 2.24) is 9.80 Å². The summed E-state index contributed by atoms with van der Waals surface area (Å²) in [4.78, 5) is 9.03. The summed E-state index contributed by atoms with van der Waals surface area (Å²) < 4.78 is 0. The minimum Gasteiger partial charge on any atom is -0.370 e. The van der Waals surface area contributed by atoms with Crippen molar-refractivity contribution in [2.24, 2.45) is 16.6 Å². The topological polar surface area (TPSA) is 44.9 Å². The Kier molecular flexibility index (Phi) is 3.10. The fourth-order valence-corrected chi connectivity index (χ4v) is 3.05. The zero-order valence-electron chi connectivity index (χ0n) is 10.7. The van der Waals surface area contributed by atoms with E-state index >= 15 is 0 Å². The number of aliphatic imine (C=N–C) groups is 1. The third-order valence-corrected chi connectivity index (χ3v) is 3.99. The summed E-state index contributed by atoms with van der Waals surface area (Å²) in [5.41, 5.74) is 6.29. The Morgan fingerprint density at radius 1 is 1.56 bits per heavy atom. The molecule has 16 heavy (non-hydrogen) atoms. The van der Waals surface area contributed by atoms with E-state index in [1.807, 2.05) is 0 Å². The summed E-state index contributed by atoms with van der Waals surface area (Å²) in [6.07, 6.45) is 3.83. The third-order valence-electron chi connectivity index (χ3n) is 3.99. The minimum absolute atomic E-state index is 0.263. The highest BCUT2D eigenvalue weighted by molar-refractivity contribution is 5.81. The lowest BCUT2D eigenvalue weighted by atomic mass is 9.95. The number of guanidine groups is 1. The molecule has 1 spiro atoms. The van der Waals surface area contributed by atoms with Gasteiger partial charge in [-0.2, -0.15) is 0 Å². The van der Waals surface area contributed by atoms with Crippen LogP contribution in [-0.4, -0.2) is 55.0 Å². The van der Waals surface area contributed by atoms with Crippen molar-refractivity contribution in [3.05, 3.63) is 0 Å². The molecule has 2 atom stereocenters. The summed E-state index contributed by atoms with van der Waals surface area (Å²) in [6.45, 7) is 5.31. The Morgan fingerprint density at radius 2 is 2.31 bits per heavy atom. The molecule has 1 aliphatic heterocycles. The maximum absolute atomic E-state index is 6.02. The smallest absolute Gasteiger partial charge is 0.191 e. The van der Waals surface area contributed by atoms with Gasteiger partial charge in [-0.15, -0.1) is 0 Å². The second kappa shape index (κ2) is 4.24. The molecule has 0 bridgehead atoms. The largest absolute Gasteiger partial charge is 0.370 e. The summed E-state index contributed by atoms with van der Waals surface area (Å²) in [7, 11) is 4.21. The van der Waals surface area contributed by atoms with Gasteiger partial charge in [0, 0.05) is 13.1 Å². The van der Waals surface area contributed by atoms with E-state index in [-0.39, 0.29) is 5.54 Å². The molecular formula is C12H24N4. The standard InChI is InChI=1S/C12H24N4/c1-10-4-5-12(8-10)9-14-11(13)16(12)7-6-15(2)3/h10H,4-9H2,1-3H3,(H2,13,14). The molecule has 0 amide bonds. The lowest BCUT2D eigenvalue weighted by molar-refractivity contribution is 0.185. The monoisotopic (exact) mass is 224 g/mol. The van der Waals surface area contributed by atoms with Crippen LogP contribution in [0.1, 0.15) is 26.2 Å². The zero-order chi connectivity index (χ0) is 11.8. The third kappa shape index (κ3) is 2.03. The summed E-state index contributed by atoms with van der Waals surface area (Å²) >= 11 is 0. The fraction of sp³-hybridized carbons (Fsp3) is 0.917. The first-order valence-electron chi connectivity index (χ1n) is 6.26. The van der Waals surface area contributed by atoms with E-state index in [2.05, 4.69) is 35.8 Å². The molecule has 1 aliphatic carbocycles. The first kappa shape index (κ1) is 11.7. The van der Waals surface area contributed by atoms with Crippen molar-refractivity contribution in [3.8, 4) is 0 Å². The average Bonchev–Trinajstić information content (AvgIpc) is 2.71. The van der Waals surface area contributed by atoms with Crippen LogP contribution in [0.25, 0.3) is 0 Å². The van der Waals surface area contributed by atoms with Gasteiger partial charge >= 0.3 is 0 Å². The predicted octanol–water partition coefficient (Wildman–Crippen LogP) is 0.737. The van der Waals surface area contributed by atoms with Crippen LogP contribution in [0.15, 0.2) is 4.99 Å². The van der Waals surface area contributed by atoms with Gasteiger partial charge in [0.2, 0.25) is 0 Å². The quantitative estimate of drug-likeness (QED) is 0.769. The van der Waals surface area contributed by atoms with Gasteiger partial charge in [-0.05, 0) is 39.3 Å². The Labute approximate surface area is 98.5 Å². The molecule has 2 unspecified atom stereocenters. The Morgan fingerprint density at radius 3 is 2.88 bits per heavy atom. The van der Waals surface area contributed by atoms with Crippen LogP contribution in [0, 0.1) is 5.92 Å². The summed E-state index contributed by atoms with van der Waals surface area (Å²) in [5, 5.41) is 0. The first-order chi connectivity index (χ1) is 7.53. The van der Waals surface area contributed by atoms with E-state index in [0.717, 1.165) is 31.5 Å².